The Kier molecular flexibility index (Phi) is 14.1. The van der Waals surface area contributed by atoms with E-state index in [-0.39, 0.29) is 5.41 Å². The monoisotopic (exact) mass is 338 g/mol. The molecule has 1 N–H and O–H groups in total. The molecule has 0 bridgehead atoms. The minimum atomic E-state index is -0.666. The zero-order valence-electron chi connectivity index (χ0n) is 16.8. The van der Waals surface area contributed by atoms with Crippen molar-refractivity contribution >= 4 is 5.97 Å². The summed E-state index contributed by atoms with van der Waals surface area (Å²) in [5, 5.41) is 8.80. The molecule has 0 aliphatic carbocycles. The van der Waals surface area contributed by atoms with Gasteiger partial charge in [-0.2, -0.15) is 0 Å². The highest BCUT2D eigenvalue weighted by molar-refractivity contribution is 5.66. The van der Waals surface area contributed by atoms with Crippen LogP contribution in [-0.2, 0) is 4.79 Å². The van der Waals surface area contributed by atoms with Crippen LogP contribution in [0, 0.1) is 11.3 Å². The third-order valence-electron chi connectivity index (χ3n) is 4.98. The number of carboxylic acids is 1. The van der Waals surface area contributed by atoms with Gasteiger partial charge in [0.25, 0.3) is 0 Å². The number of rotatable bonds is 15. The van der Waals surface area contributed by atoms with E-state index in [0.29, 0.717) is 12.3 Å². The fraction of sp³-hybridized carbons (Fsp3) is 0.864. The van der Waals surface area contributed by atoms with E-state index >= 15 is 0 Å². The zero-order valence-corrected chi connectivity index (χ0v) is 16.8. The molecular weight excluding hydrogens is 296 g/mol. The molecule has 0 saturated carbocycles. The molecule has 0 rings (SSSR count). The maximum atomic E-state index is 10.7. The summed E-state index contributed by atoms with van der Waals surface area (Å²) in [5.41, 5.74) is 0.278. The second-order valence-electron chi connectivity index (χ2n) is 8.31. The lowest BCUT2D eigenvalue weighted by Gasteiger charge is -2.30. The zero-order chi connectivity index (χ0) is 18.3. The maximum absolute atomic E-state index is 10.7. The van der Waals surface area contributed by atoms with Crippen LogP contribution in [0.3, 0.4) is 0 Å². The molecule has 2 heteroatoms. The number of allylic oxidation sites excluding steroid dienone is 2. The van der Waals surface area contributed by atoms with Gasteiger partial charge in [0, 0.05) is 6.42 Å². The Morgan fingerprint density at radius 2 is 1.42 bits per heavy atom. The Balaban J connectivity index is 3.75. The number of carboxylic acid groups (broad SMARTS) is 1. The SMILES string of the molecule is CCCCCCCC/C=C\CCCC(CCCC(=O)O)C(C)(C)C. The quantitative estimate of drug-likeness (QED) is 0.250. The third-order valence-corrected chi connectivity index (χ3v) is 4.98. The summed E-state index contributed by atoms with van der Waals surface area (Å²) < 4.78 is 0. The first-order chi connectivity index (χ1) is 11.4. The lowest BCUT2D eigenvalue weighted by molar-refractivity contribution is -0.137. The Hall–Kier alpha value is -0.790. The van der Waals surface area contributed by atoms with Gasteiger partial charge in [-0.15, -0.1) is 0 Å². The highest BCUT2D eigenvalue weighted by Crippen LogP contribution is 2.34. The Bertz CT molecular complexity index is 325. The van der Waals surface area contributed by atoms with Crippen molar-refractivity contribution in [2.75, 3.05) is 0 Å². The van der Waals surface area contributed by atoms with Crippen LogP contribution in [0.4, 0.5) is 0 Å². The van der Waals surface area contributed by atoms with E-state index < -0.39 is 5.97 Å². The highest BCUT2D eigenvalue weighted by atomic mass is 16.4. The van der Waals surface area contributed by atoms with E-state index in [2.05, 4.69) is 39.8 Å². The molecule has 0 saturated heterocycles. The molecule has 2 nitrogen and oxygen atoms in total. The molecule has 0 aliphatic heterocycles. The molecule has 0 heterocycles. The van der Waals surface area contributed by atoms with Crippen molar-refractivity contribution in [3.63, 3.8) is 0 Å². The molecule has 0 aliphatic rings. The van der Waals surface area contributed by atoms with Crippen LogP contribution in [0.25, 0.3) is 0 Å². The predicted molar refractivity (Wildman–Crippen MR) is 105 cm³/mol. The number of hydrogen-bond acceptors (Lipinski definition) is 1. The summed E-state index contributed by atoms with van der Waals surface area (Å²) in [4.78, 5) is 10.7. The van der Waals surface area contributed by atoms with Crippen molar-refractivity contribution in [2.45, 2.75) is 111 Å². The lowest BCUT2D eigenvalue weighted by Crippen LogP contribution is -2.20. The van der Waals surface area contributed by atoms with E-state index in [0.717, 1.165) is 12.8 Å². The van der Waals surface area contributed by atoms with Gasteiger partial charge in [-0.3, -0.25) is 4.79 Å². The largest absolute Gasteiger partial charge is 0.481 e. The molecule has 1 atom stereocenters. The fourth-order valence-electron chi connectivity index (χ4n) is 3.27. The third kappa shape index (κ3) is 14.8. The van der Waals surface area contributed by atoms with Crippen molar-refractivity contribution in [3.05, 3.63) is 12.2 Å². The minimum Gasteiger partial charge on any atom is -0.481 e. The Morgan fingerprint density at radius 3 is 2.00 bits per heavy atom. The van der Waals surface area contributed by atoms with Crippen LogP contribution in [0.1, 0.15) is 111 Å². The summed E-state index contributed by atoms with van der Waals surface area (Å²) in [6, 6.07) is 0. The molecule has 0 fully saturated rings. The molecule has 0 amide bonds. The minimum absolute atomic E-state index is 0.278. The lowest BCUT2D eigenvalue weighted by atomic mass is 9.75. The predicted octanol–water partition coefficient (Wildman–Crippen LogP) is 7.38. The van der Waals surface area contributed by atoms with Crippen LogP contribution in [0.2, 0.25) is 0 Å². The Morgan fingerprint density at radius 1 is 0.875 bits per heavy atom. The van der Waals surface area contributed by atoms with Gasteiger partial charge in [0.05, 0.1) is 0 Å². The highest BCUT2D eigenvalue weighted by Gasteiger charge is 2.23. The molecule has 0 radical (unpaired) electrons. The first-order valence-electron chi connectivity index (χ1n) is 10.2. The van der Waals surface area contributed by atoms with Crippen molar-refractivity contribution < 1.29 is 9.90 Å². The number of hydrogen-bond donors (Lipinski definition) is 1. The van der Waals surface area contributed by atoms with Crippen molar-refractivity contribution in [1.82, 2.24) is 0 Å². The van der Waals surface area contributed by atoms with E-state index in [1.54, 1.807) is 0 Å². The summed E-state index contributed by atoms with van der Waals surface area (Å²) in [5.74, 6) is -0.0379. The molecule has 0 aromatic rings. The number of carbonyl (C=O) groups is 1. The van der Waals surface area contributed by atoms with E-state index in [9.17, 15) is 4.79 Å². The van der Waals surface area contributed by atoms with Gasteiger partial charge in [-0.1, -0.05) is 72.0 Å². The topological polar surface area (TPSA) is 37.3 Å². The molecule has 1 unspecified atom stereocenters. The van der Waals surface area contributed by atoms with Crippen molar-refractivity contribution in [2.24, 2.45) is 11.3 Å². The maximum Gasteiger partial charge on any atom is 0.303 e. The van der Waals surface area contributed by atoms with Crippen LogP contribution in [-0.4, -0.2) is 11.1 Å². The van der Waals surface area contributed by atoms with Crippen LogP contribution < -0.4 is 0 Å². The fourth-order valence-corrected chi connectivity index (χ4v) is 3.27. The second kappa shape index (κ2) is 14.5. The average molecular weight is 339 g/mol. The summed E-state index contributed by atoms with van der Waals surface area (Å²) in [6.45, 7) is 9.12. The van der Waals surface area contributed by atoms with Gasteiger partial charge in [0.15, 0.2) is 0 Å². The first-order valence-corrected chi connectivity index (χ1v) is 10.2. The van der Waals surface area contributed by atoms with Gasteiger partial charge in [0.1, 0.15) is 0 Å². The van der Waals surface area contributed by atoms with Gasteiger partial charge in [0.2, 0.25) is 0 Å². The van der Waals surface area contributed by atoms with Crippen LogP contribution >= 0.6 is 0 Å². The molecule has 0 aromatic heterocycles. The first kappa shape index (κ1) is 23.2. The average Bonchev–Trinajstić information content (AvgIpc) is 2.49. The standard InChI is InChI=1S/C22H42O2/c1-5-6-7-8-9-10-11-12-13-14-15-17-20(22(2,3)4)18-16-19-21(23)24/h12-13,20H,5-11,14-19H2,1-4H3,(H,23,24)/b13-12-. The molecule has 0 spiro atoms. The van der Waals surface area contributed by atoms with Crippen molar-refractivity contribution in [1.29, 1.82) is 0 Å². The van der Waals surface area contributed by atoms with Gasteiger partial charge < -0.3 is 5.11 Å². The summed E-state index contributed by atoms with van der Waals surface area (Å²) in [7, 11) is 0. The number of unbranched alkanes of at least 4 members (excludes halogenated alkanes) is 7. The number of aliphatic carboxylic acids is 1. The van der Waals surface area contributed by atoms with Gasteiger partial charge in [-0.25, -0.2) is 0 Å². The molecular formula is C22H42O2. The smallest absolute Gasteiger partial charge is 0.303 e. The van der Waals surface area contributed by atoms with Crippen LogP contribution in [0.15, 0.2) is 12.2 Å². The molecule has 0 aromatic carbocycles. The Labute approximate surface area is 151 Å². The van der Waals surface area contributed by atoms with Gasteiger partial charge in [-0.05, 0) is 56.3 Å². The van der Waals surface area contributed by atoms with E-state index in [1.807, 2.05) is 0 Å². The van der Waals surface area contributed by atoms with Gasteiger partial charge >= 0.3 is 5.97 Å². The normalized spacial score (nSPS) is 13.5. The summed E-state index contributed by atoms with van der Waals surface area (Å²) in [6.07, 6.45) is 19.9. The van der Waals surface area contributed by atoms with E-state index in [1.165, 1.54) is 64.2 Å². The molecule has 142 valence electrons. The summed E-state index contributed by atoms with van der Waals surface area (Å²) >= 11 is 0. The second-order valence-corrected chi connectivity index (χ2v) is 8.31. The van der Waals surface area contributed by atoms with E-state index in [4.69, 9.17) is 5.11 Å². The van der Waals surface area contributed by atoms with Crippen molar-refractivity contribution in [3.8, 4) is 0 Å². The molecule has 24 heavy (non-hydrogen) atoms. The van der Waals surface area contributed by atoms with Crippen LogP contribution in [0.5, 0.6) is 0 Å².